The van der Waals surface area contributed by atoms with Gasteiger partial charge in [-0.1, -0.05) is 37.5 Å². The van der Waals surface area contributed by atoms with E-state index in [-0.39, 0.29) is 18.1 Å². The molecule has 1 fully saturated rings. The van der Waals surface area contributed by atoms with E-state index in [9.17, 15) is 10.2 Å². The fraction of sp³-hybridized carbons (Fsp3) is 0.625. The van der Waals surface area contributed by atoms with Gasteiger partial charge in [-0.2, -0.15) is 0 Å². The number of hydrogen-bond donors (Lipinski definition) is 3. The van der Waals surface area contributed by atoms with Crippen molar-refractivity contribution >= 4 is 0 Å². The van der Waals surface area contributed by atoms with Crippen LogP contribution in [0.25, 0.3) is 0 Å². The van der Waals surface area contributed by atoms with Gasteiger partial charge in [0, 0.05) is 30.2 Å². The van der Waals surface area contributed by atoms with Crippen molar-refractivity contribution in [3.63, 3.8) is 0 Å². The van der Waals surface area contributed by atoms with Gasteiger partial charge in [0.15, 0.2) is 0 Å². The molecule has 1 aromatic carbocycles. The van der Waals surface area contributed by atoms with E-state index in [2.05, 4.69) is 12.2 Å². The van der Waals surface area contributed by atoms with E-state index < -0.39 is 0 Å². The van der Waals surface area contributed by atoms with Gasteiger partial charge in [-0.3, -0.25) is 0 Å². The number of aromatic hydroxyl groups is 1. The lowest BCUT2D eigenvalue weighted by molar-refractivity contribution is 0.0788. The third kappa shape index (κ3) is 3.48. The number of nitrogens with one attached hydrogen (secondary N) is 1. The maximum Gasteiger partial charge on any atom is 0.120 e. The molecule has 0 saturated heterocycles. The fourth-order valence-electron chi connectivity index (χ4n) is 3.03. The van der Waals surface area contributed by atoms with Crippen molar-refractivity contribution in [3.05, 3.63) is 29.8 Å². The minimum Gasteiger partial charge on any atom is -0.508 e. The minimum atomic E-state index is 0.0386. The molecule has 2 rings (SSSR count). The zero-order valence-corrected chi connectivity index (χ0v) is 11.7. The highest BCUT2D eigenvalue weighted by atomic mass is 16.3. The Morgan fingerprint density at radius 3 is 2.53 bits per heavy atom. The second-order valence-corrected chi connectivity index (χ2v) is 5.88. The number of benzene rings is 1. The van der Waals surface area contributed by atoms with E-state index in [1.807, 2.05) is 18.2 Å². The number of aliphatic hydroxyl groups excluding tert-OH is 1. The molecule has 1 saturated carbocycles. The summed E-state index contributed by atoms with van der Waals surface area (Å²) in [6.45, 7) is 3.13. The summed E-state index contributed by atoms with van der Waals surface area (Å²) in [5.74, 6) is 0.337. The van der Waals surface area contributed by atoms with Gasteiger partial charge in [0.05, 0.1) is 0 Å². The van der Waals surface area contributed by atoms with Gasteiger partial charge >= 0.3 is 0 Å². The molecular formula is C16H25NO2. The number of aliphatic hydroxyl groups is 1. The third-order valence-electron chi connectivity index (χ3n) is 4.44. The summed E-state index contributed by atoms with van der Waals surface area (Å²) in [7, 11) is 0. The third-order valence-corrected chi connectivity index (χ3v) is 4.44. The molecule has 106 valence electrons. The highest BCUT2D eigenvalue weighted by Gasteiger charge is 2.31. The van der Waals surface area contributed by atoms with Crippen LogP contribution in [0.1, 0.15) is 50.6 Å². The summed E-state index contributed by atoms with van der Waals surface area (Å²) >= 11 is 0. The molecule has 19 heavy (non-hydrogen) atoms. The predicted octanol–water partition coefficient (Wildman–Crippen LogP) is 2.99. The maximum absolute atomic E-state index is 9.85. The van der Waals surface area contributed by atoms with Crippen LogP contribution in [0.15, 0.2) is 24.3 Å². The first-order valence-electron chi connectivity index (χ1n) is 7.29. The van der Waals surface area contributed by atoms with Crippen LogP contribution in [-0.2, 0) is 0 Å². The Labute approximate surface area is 115 Å². The monoisotopic (exact) mass is 263 g/mol. The van der Waals surface area contributed by atoms with Crippen LogP contribution in [-0.4, -0.2) is 23.4 Å². The first kappa shape index (κ1) is 14.4. The molecule has 0 aromatic heterocycles. The summed E-state index contributed by atoms with van der Waals surface area (Å²) < 4.78 is 0. The Morgan fingerprint density at radius 2 is 1.89 bits per heavy atom. The van der Waals surface area contributed by atoms with Crippen molar-refractivity contribution in [2.45, 2.75) is 45.1 Å². The molecule has 0 spiro atoms. The van der Waals surface area contributed by atoms with Gasteiger partial charge in [-0.25, -0.2) is 0 Å². The van der Waals surface area contributed by atoms with Gasteiger partial charge in [-0.15, -0.1) is 0 Å². The Hall–Kier alpha value is -1.06. The average Bonchev–Trinajstić information content (AvgIpc) is 2.46. The van der Waals surface area contributed by atoms with Crippen molar-refractivity contribution in [2.24, 2.45) is 5.41 Å². The van der Waals surface area contributed by atoms with Gasteiger partial charge in [0.1, 0.15) is 5.75 Å². The van der Waals surface area contributed by atoms with Crippen LogP contribution in [0.5, 0.6) is 5.75 Å². The van der Waals surface area contributed by atoms with Crippen LogP contribution >= 0.6 is 0 Å². The number of hydrogen-bond acceptors (Lipinski definition) is 3. The van der Waals surface area contributed by atoms with Crippen molar-refractivity contribution < 1.29 is 10.2 Å². The summed E-state index contributed by atoms with van der Waals surface area (Å²) in [5, 5.41) is 23.0. The van der Waals surface area contributed by atoms with Gasteiger partial charge in [0.25, 0.3) is 0 Å². The van der Waals surface area contributed by atoms with Crippen LogP contribution in [0.2, 0.25) is 0 Å². The molecule has 1 aliphatic rings. The van der Waals surface area contributed by atoms with Crippen LogP contribution < -0.4 is 5.32 Å². The predicted molar refractivity (Wildman–Crippen MR) is 77.1 cm³/mol. The Kier molecular flexibility index (Phi) is 4.83. The highest BCUT2D eigenvalue weighted by molar-refractivity contribution is 5.34. The fourth-order valence-corrected chi connectivity index (χ4v) is 3.03. The smallest absolute Gasteiger partial charge is 0.120 e. The van der Waals surface area contributed by atoms with E-state index in [0.29, 0.717) is 5.75 Å². The van der Waals surface area contributed by atoms with E-state index >= 15 is 0 Å². The van der Waals surface area contributed by atoms with Crippen LogP contribution in [0.4, 0.5) is 0 Å². The van der Waals surface area contributed by atoms with Gasteiger partial charge in [0.2, 0.25) is 0 Å². The molecule has 1 atom stereocenters. The van der Waals surface area contributed by atoms with Crippen LogP contribution in [0, 0.1) is 5.41 Å². The standard InChI is InChI=1S/C16H25NO2/c1-13(14-7-3-4-8-15(14)19)17-11-16(12-18)9-5-2-6-10-16/h3-4,7-8,13,17-19H,2,5-6,9-12H2,1H3. The van der Waals surface area contributed by atoms with Crippen molar-refractivity contribution in [1.29, 1.82) is 0 Å². The SMILES string of the molecule is CC(NCC1(CO)CCCCC1)c1ccccc1O. The van der Waals surface area contributed by atoms with Crippen molar-refractivity contribution in [3.8, 4) is 5.75 Å². The lowest BCUT2D eigenvalue weighted by atomic mass is 9.74. The molecule has 0 radical (unpaired) electrons. The van der Waals surface area contributed by atoms with E-state index in [4.69, 9.17) is 0 Å². The number of para-hydroxylation sites is 1. The first-order chi connectivity index (χ1) is 9.17. The summed E-state index contributed by atoms with van der Waals surface area (Å²) in [5.41, 5.74) is 0.961. The zero-order valence-electron chi connectivity index (χ0n) is 11.7. The number of phenols is 1. The molecule has 1 unspecified atom stereocenters. The normalized spacial score (nSPS) is 20.1. The topological polar surface area (TPSA) is 52.5 Å². The maximum atomic E-state index is 9.85. The molecular weight excluding hydrogens is 238 g/mol. The van der Waals surface area contributed by atoms with Crippen molar-refractivity contribution in [2.75, 3.05) is 13.2 Å². The highest BCUT2D eigenvalue weighted by Crippen LogP contribution is 2.36. The Balaban J connectivity index is 1.95. The molecule has 1 aromatic rings. The number of phenolic OH excluding ortho intramolecular Hbond substituents is 1. The lowest BCUT2D eigenvalue weighted by Gasteiger charge is -2.36. The molecule has 0 amide bonds. The zero-order chi connectivity index (χ0) is 13.7. The number of rotatable bonds is 5. The molecule has 1 aliphatic carbocycles. The molecule has 0 bridgehead atoms. The summed E-state index contributed by atoms with van der Waals surface area (Å²) in [4.78, 5) is 0. The summed E-state index contributed by atoms with van der Waals surface area (Å²) in [6.07, 6.45) is 5.92. The molecule has 0 heterocycles. The second kappa shape index (κ2) is 6.40. The quantitative estimate of drug-likeness (QED) is 0.765. The molecule has 3 heteroatoms. The van der Waals surface area contributed by atoms with Crippen molar-refractivity contribution in [1.82, 2.24) is 5.32 Å². The average molecular weight is 263 g/mol. The molecule has 0 aliphatic heterocycles. The lowest BCUT2D eigenvalue weighted by Crippen LogP contribution is -2.40. The van der Waals surface area contributed by atoms with Crippen LogP contribution in [0.3, 0.4) is 0 Å². The molecule has 3 nitrogen and oxygen atoms in total. The van der Waals surface area contributed by atoms with E-state index in [0.717, 1.165) is 24.9 Å². The second-order valence-electron chi connectivity index (χ2n) is 5.88. The largest absolute Gasteiger partial charge is 0.508 e. The Bertz CT molecular complexity index is 399. The van der Waals surface area contributed by atoms with Gasteiger partial charge in [-0.05, 0) is 25.8 Å². The van der Waals surface area contributed by atoms with E-state index in [1.165, 1.54) is 19.3 Å². The van der Waals surface area contributed by atoms with E-state index in [1.54, 1.807) is 6.07 Å². The summed E-state index contributed by atoms with van der Waals surface area (Å²) in [6, 6.07) is 7.54. The Morgan fingerprint density at radius 1 is 1.21 bits per heavy atom. The minimum absolute atomic E-state index is 0.0386. The van der Waals surface area contributed by atoms with Gasteiger partial charge < -0.3 is 15.5 Å². The molecule has 3 N–H and O–H groups in total. The first-order valence-corrected chi connectivity index (χ1v) is 7.29.